The van der Waals surface area contributed by atoms with Crippen LogP contribution in [0.25, 0.3) is 22.2 Å². The Balaban J connectivity index is 1.43. The van der Waals surface area contributed by atoms with Crippen molar-refractivity contribution >= 4 is 22.8 Å². The highest BCUT2D eigenvalue weighted by molar-refractivity contribution is 5.91. The third-order valence-electron chi connectivity index (χ3n) is 4.87. The number of anilines is 1. The summed E-state index contributed by atoms with van der Waals surface area (Å²) in [5.74, 6) is 0.999. The molecule has 4 rings (SSSR count). The predicted octanol–water partition coefficient (Wildman–Crippen LogP) is 4.19. The van der Waals surface area contributed by atoms with Crippen molar-refractivity contribution in [3.63, 3.8) is 0 Å². The molecule has 1 aromatic carbocycles. The van der Waals surface area contributed by atoms with Gasteiger partial charge in [-0.25, -0.2) is 4.98 Å². The molecule has 4 aromatic rings. The summed E-state index contributed by atoms with van der Waals surface area (Å²) >= 11 is 0. The standard InChI is InChI=1S/C23H24N4O3/c1-23(2,3)19-11-20(27-30-19)26-21(29)8-14-4-6-15(7-5-14)17-9-16-10-18(13-28)25-22(16)24-12-17/h4-7,9-12,28H,8,13H2,1-3H3,(H,24,25)(H,26,27,29). The molecule has 0 aliphatic rings. The van der Waals surface area contributed by atoms with Gasteiger partial charge in [-0.3, -0.25) is 4.79 Å². The maximum atomic E-state index is 12.3. The maximum absolute atomic E-state index is 12.3. The number of aromatic nitrogens is 3. The molecular formula is C23H24N4O3. The molecule has 0 unspecified atom stereocenters. The fraction of sp³-hybridized carbons (Fsp3) is 0.261. The molecule has 0 atom stereocenters. The molecule has 3 N–H and O–H groups in total. The largest absolute Gasteiger partial charge is 0.390 e. The van der Waals surface area contributed by atoms with E-state index in [4.69, 9.17) is 4.52 Å². The molecule has 0 radical (unpaired) electrons. The molecule has 30 heavy (non-hydrogen) atoms. The second-order valence-electron chi connectivity index (χ2n) is 8.36. The lowest BCUT2D eigenvalue weighted by Gasteiger charge is -2.12. The van der Waals surface area contributed by atoms with Gasteiger partial charge in [0.05, 0.1) is 13.0 Å². The van der Waals surface area contributed by atoms with E-state index in [1.54, 1.807) is 12.3 Å². The molecule has 0 saturated heterocycles. The molecule has 0 spiro atoms. The van der Waals surface area contributed by atoms with Gasteiger partial charge in [-0.2, -0.15) is 0 Å². The molecule has 0 fully saturated rings. The Bertz CT molecular complexity index is 1180. The second kappa shape index (κ2) is 7.76. The number of hydrogen-bond donors (Lipinski definition) is 3. The van der Waals surface area contributed by atoms with E-state index in [9.17, 15) is 9.90 Å². The fourth-order valence-electron chi connectivity index (χ4n) is 3.19. The first-order chi connectivity index (χ1) is 14.3. The quantitative estimate of drug-likeness (QED) is 0.463. The van der Waals surface area contributed by atoms with Crippen molar-refractivity contribution in [1.82, 2.24) is 15.1 Å². The molecule has 0 saturated carbocycles. The molecule has 0 aliphatic heterocycles. The zero-order valence-electron chi connectivity index (χ0n) is 17.2. The maximum Gasteiger partial charge on any atom is 0.230 e. The SMILES string of the molecule is CC(C)(C)c1cc(NC(=O)Cc2ccc(-c3cnc4[nH]c(CO)cc4c3)cc2)no1. The number of carbonyl (C=O) groups is 1. The molecule has 154 valence electrons. The Kier molecular flexibility index (Phi) is 5.13. The summed E-state index contributed by atoms with van der Waals surface area (Å²) in [5.41, 5.74) is 4.19. The van der Waals surface area contributed by atoms with Gasteiger partial charge in [0.2, 0.25) is 5.91 Å². The van der Waals surface area contributed by atoms with Gasteiger partial charge < -0.3 is 19.9 Å². The highest BCUT2D eigenvalue weighted by atomic mass is 16.5. The summed E-state index contributed by atoms with van der Waals surface area (Å²) in [4.78, 5) is 19.8. The van der Waals surface area contributed by atoms with Crippen molar-refractivity contribution in [2.45, 2.75) is 39.2 Å². The van der Waals surface area contributed by atoms with E-state index in [0.717, 1.165) is 39.2 Å². The highest BCUT2D eigenvalue weighted by Crippen LogP contribution is 2.25. The van der Waals surface area contributed by atoms with Crippen LogP contribution >= 0.6 is 0 Å². The number of fused-ring (bicyclic) bond motifs is 1. The summed E-state index contributed by atoms with van der Waals surface area (Å²) in [6.45, 7) is 6.02. The van der Waals surface area contributed by atoms with Gasteiger partial charge in [0.15, 0.2) is 5.82 Å². The zero-order chi connectivity index (χ0) is 21.3. The van der Waals surface area contributed by atoms with Crippen molar-refractivity contribution in [2.75, 3.05) is 5.32 Å². The predicted molar refractivity (Wildman–Crippen MR) is 115 cm³/mol. The van der Waals surface area contributed by atoms with Gasteiger partial charge in [-0.05, 0) is 23.3 Å². The Morgan fingerprint density at radius 1 is 1.13 bits per heavy atom. The lowest BCUT2D eigenvalue weighted by molar-refractivity contribution is -0.115. The van der Waals surface area contributed by atoms with Crippen LogP contribution in [0.3, 0.4) is 0 Å². The van der Waals surface area contributed by atoms with Gasteiger partial charge in [-0.15, -0.1) is 0 Å². The Labute approximate surface area is 174 Å². The number of nitrogens with one attached hydrogen (secondary N) is 2. The van der Waals surface area contributed by atoms with E-state index < -0.39 is 0 Å². The van der Waals surface area contributed by atoms with Crippen LogP contribution in [0, 0.1) is 0 Å². The molecule has 0 aliphatic carbocycles. The van der Waals surface area contributed by atoms with Crippen LogP contribution in [-0.4, -0.2) is 26.1 Å². The van der Waals surface area contributed by atoms with E-state index in [-0.39, 0.29) is 24.3 Å². The van der Waals surface area contributed by atoms with Crippen molar-refractivity contribution in [3.8, 4) is 11.1 Å². The van der Waals surface area contributed by atoms with Crippen LogP contribution in [0.2, 0.25) is 0 Å². The molecule has 7 heteroatoms. The zero-order valence-corrected chi connectivity index (χ0v) is 17.2. The average molecular weight is 404 g/mol. The van der Waals surface area contributed by atoms with Crippen molar-refractivity contribution in [2.24, 2.45) is 0 Å². The average Bonchev–Trinajstić information content (AvgIpc) is 3.34. The molecule has 7 nitrogen and oxygen atoms in total. The summed E-state index contributed by atoms with van der Waals surface area (Å²) in [6, 6.07) is 13.5. The number of carbonyl (C=O) groups excluding carboxylic acids is 1. The fourth-order valence-corrected chi connectivity index (χ4v) is 3.19. The molecule has 3 heterocycles. The number of amides is 1. The normalized spacial score (nSPS) is 11.7. The minimum Gasteiger partial charge on any atom is -0.390 e. The van der Waals surface area contributed by atoms with Gasteiger partial charge in [0, 0.05) is 34.3 Å². The van der Waals surface area contributed by atoms with Crippen LogP contribution in [0.4, 0.5) is 5.82 Å². The number of rotatable bonds is 5. The van der Waals surface area contributed by atoms with Crippen LogP contribution in [0.1, 0.15) is 37.8 Å². The van der Waals surface area contributed by atoms with Crippen LogP contribution in [-0.2, 0) is 23.2 Å². The Morgan fingerprint density at radius 3 is 2.57 bits per heavy atom. The van der Waals surface area contributed by atoms with Crippen molar-refractivity contribution in [1.29, 1.82) is 0 Å². The second-order valence-corrected chi connectivity index (χ2v) is 8.36. The topological polar surface area (TPSA) is 104 Å². The number of nitrogens with zero attached hydrogens (tertiary/aromatic N) is 2. The van der Waals surface area contributed by atoms with E-state index in [1.807, 2.05) is 57.2 Å². The Hall–Kier alpha value is -3.45. The number of pyridine rings is 1. The number of aromatic amines is 1. The lowest BCUT2D eigenvalue weighted by atomic mass is 9.93. The first kappa shape index (κ1) is 19.8. The molecular weight excluding hydrogens is 380 g/mol. The molecule has 0 bridgehead atoms. The summed E-state index contributed by atoms with van der Waals surface area (Å²) in [7, 11) is 0. The van der Waals surface area contributed by atoms with Crippen molar-refractivity contribution < 1.29 is 14.4 Å². The van der Waals surface area contributed by atoms with E-state index >= 15 is 0 Å². The van der Waals surface area contributed by atoms with E-state index in [1.165, 1.54) is 0 Å². The number of aliphatic hydroxyl groups is 1. The van der Waals surface area contributed by atoms with Crippen molar-refractivity contribution in [3.05, 3.63) is 65.7 Å². The monoisotopic (exact) mass is 404 g/mol. The summed E-state index contributed by atoms with van der Waals surface area (Å²) < 4.78 is 5.30. The molecule has 1 amide bonds. The van der Waals surface area contributed by atoms with E-state index in [2.05, 4.69) is 20.4 Å². The van der Waals surface area contributed by atoms with Gasteiger partial charge in [0.1, 0.15) is 11.4 Å². The van der Waals surface area contributed by atoms with Crippen LogP contribution < -0.4 is 5.32 Å². The number of hydrogen-bond acceptors (Lipinski definition) is 5. The summed E-state index contributed by atoms with van der Waals surface area (Å²) in [5, 5.41) is 16.9. The smallest absolute Gasteiger partial charge is 0.230 e. The summed E-state index contributed by atoms with van der Waals surface area (Å²) in [6.07, 6.45) is 2.03. The van der Waals surface area contributed by atoms with E-state index in [0.29, 0.717) is 5.82 Å². The minimum atomic E-state index is -0.163. The number of aliphatic hydroxyl groups excluding tert-OH is 1. The minimum absolute atomic E-state index is 0.0473. The first-order valence-corrected chi connectivity index (χ1v) is 9.77. The van der Waals surface area contributed by atoms with Gasteiger partial charge in [-0.1, -0.05) is 50.2 Å². The highest BCUT2D eigenvalue weighted by Gasteiger charge is 2.20. The number of H-pyrrole nitrogens is 1. The van der Waals surface area contributed by atoms with Crippen LogP contribution in [0.5, 0.6) is 0 Å². The van der Waals surface area contributed by atoms with Crippen LogP contribution in [0.15, 0.2) is 53.2 Å². The third-order valence-corrected chi connectivity index (χ3v) is 4.87. The van der Waals surface area contributed by atoms with Gasteiger partial charge in [0.25, 0.3) is 0 Å². The first-order valence-electron chi connectivity index (χ1n) is 9.77. The van der Waals surface area contributed by atoms with Gasteiger partial charge >= 0.3 is 0 Å². The lowest BCUT2D eigenvalue weighted by Crippen LogP contribution is -2.14. The number of benzene rings is 1. The molecule has 3 aromatic heterocycles. The Morgan fingerprint density at radius 2 is 1.90 bits per heavy atom. The third kappa shape index (κ3) is 4.26.